The van der Waals surface area contributed by atoms with E-state index < -0.39 is 0 Å². The second-order valence-corrected chi connectivity index (χ2v) is 4.86. The summed E-state index contributed by atoms with van der Waals surface area (Å²) in [6.07, 6.45) is 6.66. The lowest BCUT2D eigenvalue weighted by Gasteiger charge is -2.32. The number of carbonyl (C=O) groups excluding carboxylic acids is 1. The second-order valence-electron chi connectivity index (χ2n) is 4.86. The molecule has 86 valence electrons. The Hall–Kier alpha value is -0.570. The topological polar surface area (TPSA) is 32.3 Å². The monoisotopic (exact) mass is 210 g/mol. The molecular weight excluding hydrogens is 188 g/mol. The van der Waals surface area contributed by atoms with Crippen molar-refractivity contribution in [3.8, 4) is 0 Å². The van der Waals surface area contributed by atoms with Crippen LogP contribution in [0.15, 0.2) is 0 Å². The summed E-state index contributed by atoms with van der Waals surface area (Å²) in [4.78, 5) is 14.5. The third-order valence-electron chi connectivity index (χ3n) is 3.72. The lowest BCUT2D eigenvalue weighted by atomic mass is 9.90. The van der Waals surface area contributed by atoms with Gasteiger partial charge in [-0.3, -0.25) is 4.79 Å². The second kappa shape index (κ2) is 4.52. The molecule has 0 aliphatic carbocycles. The van der Waals surface area contributed by atoms with Crippen LogP contribution in [0.25, 0.3) is 0 Å². The van der Waals surface area contributed by atoms with Crippen LogP contribution >= 0.6 is 0 Å². The predicted octanol–water partition coefficient (Wildman–Crippen LogP) is 1.53. The quantitative estimate of drug-likeness (QED) is 0.766. The molecule has 0 spiro atoms. The molecule has 1 unspecified atom stereocenters. The number of hydrogen-bond donors (Lipinski definition) is 1. The molecule has 2 fully saturated rings. The molecule has 2 aliphatic heterocycles. The molecule has 0 saturated carbocycles. The first-order valence-electron chi connectivity index (χ1n) is 6.33. The maximum atomic E-state index is 12.4. The third kappa shape index (κ3) is 2.03. The Bertz CT molecular complexity index is 228. The minimum atomic E-state index is -0.195. The summed E-state index contributed by atoms with van der Waals surface area (Å²) >= 11 is 0. The first kappa shape index (κ1) is 10.9. The van der Waals surface area contributed by atoms with Crippen molar-refractivity contribution in [2.45, 2.75) is 51.0 Å². The zero-order valence-corrected chi connectivity index (χ0v) is 9.72. The maximum absolute atomic E-state index is 12.4. The van der Waals surface area contributed by atoms with Crippen LogP contribution in [0.3, 0.4) is 0 Å². The van der Waals surface area contributed by atoms with Gasteiger partial charge in [0.2, 0.25) is 5.91 Å². The molecule has 0 aromatic rings. The summed E-state index contributed by atoms with van der Waals surface area (Å²) in [5.74, 6) is 0.374. The molecule has 3 heteroatoms. The average Bonchev–Trinajstić information content (AvgIpc) is 2.88. The van der Waals surface area contributed by atoms with Crippen LogP contribution in [0, 0.1) is 0 Å². The molecule has 0 radical (unpaired) electrons. The fourth-order valence-corrected chi connectivity index (χ4v) is 2.96. The molecule has 2 saturated heterocycles. The number of nitrogens with zero attached hydrogens (tertiary/aromatic N) is 1. The Morgan fingerprint density at radius 1 is 1.33 bits per heavy atom. The smallest absolute Gasteiger partial charge is 0.242 e. The van der Waals surface area contributed by atoms with Gasteiger partial charge >= 0.3 is 0 Å². The molecule has 0 aromatic carbocycles. The highest BCUT2D eigenvalue weighted by Gasteiger charge is 2.42. The van der Waals surface area contributed by atoms with E-state index in [1.807, 2.05) is 0 Å². The zero-order valence-electron chi connectivity index (χ0n) is 9.72. The Labute approximate surface area is 92.2 Å². The fraction of sp³-hybridized carbons (Fsp3) is 0.917. The normalized spacial score (nSPS) is 31.1. The van der Waals surface area contributed by atoms with Crippen molar-refractivity contribution < 1.29 is 4.79 Å². The summed E-state index contributed by atoms with van der Waals surface area (Å²) < 4.78 is 0. The lowest BCUT2D eigenvalue weighted by molar-refractivity contribution is -0.137. The molecule has 1 amide bonds. The molecule has 3 nitrogen and oxygen atoms in total. The molecule has 1 N–H and O–H groups in total. The van der Waals surface area contributed by atoms with Gasteiger partial charge in [-0.05, 0) is 38.6 Å². The van der Waals surface area contributed by atoms with Crippen molar-refractivity contribution in [2.75, 3.05) is 19.6 Å². The van der Waals surface area contributed by atoms with E-state index >= 15 is 0 Å². The Kier molecular flexibility index (Phi) is 3.29. The molecule has 0 bridgehead atoms. The van der Waals surface area contributed by atoms with Gasteiger partial charge in [-0.2, -0.15) is 0 Å². The van der Waals surface area contributed by atoms with E-state index in [4.69, 9.17) is 0 Å². The summed E-state index contributed by atoms with van der Waals surface area (Å²) in [6, 6.07) is 0. The van der Waals surface area contributed by atoms with Crippen LogP contribution in [-0.4, -0.2) is 36.0 Å². The molecule has 2 rings (SSSR count). The molecule has 2 heterocycles. The highest BCUT2D eigenvalue weighted by Crippen LogP contribution is 2.28. The van der Waals surface area contributed by atoms with E-state index in [0.717, 1.165) is 45.3 Å². The van der Waals surface area contributed by atoms with Gasteiger partial charge in [-0.15, -0.1) is 0 Å². The molecule has 1 atom stereocenters. The summed E-state index contributed by atoms with van der Waals surface area (Å²) in [6.45, 7) is 5.14. The van der Waals surface area contributed by atoms with Crippen molar-refractivity contribution in [3.05, 3.63) is 0 Å². The maximum Gasteiger partial charge on any atom is 0.242 e. The van der Waals surface area contributed by atoms with E-state index in [2.05, 4.69) is 17.1 Å². The highest BCUT2D eigenvalue weighted by molar-refractivity contribution is 5.87. The molecule has 0 aromatic heterocycles. The van der Waals surface area contributed by atoms with Crippen LogP contribution in [0.2, 0.25) is 0 Å². The van der Waals surface area contributed by atoms with Crippen molar-refractivity contribution in [2.24, 2.45) is 0 Å². The minimum Gasteiger partial charge on any atom is -0.341 e. The number of hydrogen-bond acceptors (Lipinski definition) is 2. The zero-order chi connectivity index (χ0) is 10.7. The Morgan fingerprint density at radius 2 is 2.07 bits per heavy atom. The molecular formula is C12H22N2O. The van der Waals surface area contributed by atoms with Crippen molar-refractivity contribution in [3.63, 3.8) is 0 Å². The van der Waals surface area contributed by atoms with E-state index in [1.54, 1.807) is 0 Å². The van der Waals surface area contributed by atoms with Gasteiger partial charge in [0.25, 0.3) is 0 Å². The van der Waals surface area contributed by atoms with Gasteiger partial charge in [0, 0.05) is 13.1 Å². The number of nitrogens with one attached hydrogen (secondary N) is 1. The van der Waals surface area contributed by atoms with Crippen LogP contribution in [0.1, 0.15) is 45.4 Å². The SMILES string of the molecule is CCCC1(C(=O)N2CCCC2)CCCN1. The number of rotatable bonds is 3. The molecule has 2 aliphatic rings. The fourth-order valence-electron chi connectivity index (χ4n) is 2.96. The highest BCUT2D eigenvalue weighted by atomic mass is 16.2. The summed E-state index contributed by atoms with van der Waals surface area (Å²) in [5, 5.41) is 3.46. The molecule has 15 heavy (non-hydrogen) atoms. The van der Waals surface area contributed by atoms with Gasteiger partial charge in [-0.25, -0.2) is 0 Å². The number of carbonyl (C=O) groups is 1. The summed E-state index contributed by atoms with van der Waals surface area (Å²) in [5.41, 5.74) is -0.195. The lowest BCUT2D eigenvalue weighted by Crippen LogP contribution is -2.54. The van der Waals surface area contributed by atoms with E-state index in [-0.39, 0.29) is 5.54 Å². The van der Waals surface area contributed by atoms with Crippen molar-refractivity contribution in [1.82, 2.24) is 10.2 Å². The standard InChI is InChI=1S/C12H22N2O/c1-2-6-12(7-5-8-13-12)11(15)14-9-3-4-10-14/h13H,2-10H2,1H3. The minimum absolute atomic E-state index is 0.195. The van der Waals surface area contributed by atoms with Gasteiger partial charge in [0.1, 0.15) is 0 Å². The first-order valence-corrected chi connectivity index (χ1v) is 6.33. The van der Waals surface area contributed by atoms with Crippen molar-refractivity contribution >= 4 is 5.91 Å². The number of amides is 1. The van der Waals surface area contributed by atoms with Crippen LogP contribution in [0.5, 0.6) is 0 Å². The van der Waals surface area contributed by atoms with Crippen LogP contribution in [0.4, 0.5) is 0 Å². The van der Waals surface area contributed by atoms with Gasteiger partial charge in [-0.1, -0.05) is 13.3 Å². The number of likely N-dealkylation sites (tertiary alicyclic amines) is 1. The van der Waals surface area contributed by atoms with Crippen LogP contribution in [-0.2, 0) is 4.79 Å². The van der Waals surface area contributed by atoms with Gasteiger partial charge in [0.15, 0.2) is 0 Å². The van der Waals surface area contributed by atoms with E-state index in [9.17, 15) is 4.79 Å². The predicted molar refractivity (Wildman–Crippen MR) is 60.7 cm³/mol. The van der Waals surface area contributed by atoms with Gasteiger partial charge in [0.05, 0.1) is 5.54 Å². The first-order chi connectivity index (χ1) is 7.28. The van der Waals surface area contributed by atoms with E-state index in [1.165, 1.54) is 12.8 Å². The van der Waals surface area contributed by atoms with Crippen LogP contribution < -0.4 is 5.32 Å². The average molecular weight is 210 g/mol. The van der Waals surface area contributed by atoms with Crippen molar-refractivity contribution in [1.29, 1.82) is 0 Å². The largest absolute Gasteiger partial charge is 0.341 e. The van der Waals surface area contributed by atoms with E-state index in [0.29, 0.717) is 5.91 Å². The Balaban J connectivity index is 2.06. The third-order valence-corrected chi connectivity index (χ3v) is 3.72. The Morgan fingerprint density at radius 3 is 2.60 bits per heavy atom. The van der Waals surface area contributed by atoms with Gasteiger partial charge < -0.3 is 10.2 Å². The summed E-state index contributed by atoms with van der Waals surface area (Å²) in [7, 11) is 0.